The number of benzene rings is 1. The Morgan fingerprint density at radius 2 is 2.06 bits per heavy atom. The molecule has 0 aliphatic carbocycles. The van der Waals surface area contributed by atoms with Crippen LogP contribution in [-0.4, -0.2) is 31.3 Å². The van der Waals surface area contributed by atoms with Crippen molar-refractivity contribution in [2.75, 3.05) is 0 Å². The third kappa shape index (κ3) is 3.04. The van der Waals surface area contributed by atoms with Crippen LogP contribution in [0.2, 0.25) is 5.02 Å². The molecule has 94 valence electrons. The summed E-state index contributed by atoms with van der Waals surface area (Å²) in [6.07, 6.45) is 0.584. The number of halogens is 1. The number of aliphatic carboxylic acids is 1. The molecule has 2 rings (SSSR count). The number of hydrogen-bond donors (Lipinski definition) is 1. The molecule has 18 heavy (non-hydrogen) atoms. The quantitative estimate of drug-likeness (QED) is 0.893. The Morgan fingerprint density at radius 1 is 1.33 bits per heavy atom. The van der Waals surface area contributed by atoms with Gasteiger partial charge in [0.05, 0.1) is 0 Å². The second-order valence-corrected chi connectivity index (χ2v) is 4.17. The van der Waals surface area contributed by atoms with Gasteiger partial charge in [-0.1, -0.05) is 11.6 Å². The maximum Gasteiger partial charge on any atom is 0.303 e. The average Bonchev–Trinajstić information content (AvgIpc) is 2.78. The minimum Gasteiger partial charge on any atom is -0.481 e. The molecule has 1 aromatic carbocycles. The zero-order valence-electron chi connectivity index (χ0n) is 9.45. The Kier molecular flexibility index (Phi) is 3.88. The number of nitrogens with zero attached hydrogens (tertiary/aromatic N) is 4. The summed E-state index contributed by atoms with van der Waals surface area (Å²) in [5, 5.41) is 20.6. The molecule has 0 radical (unpaired) electrons. The summed E-state index contributed by atoms with van der Waals surface area (Å²) < 4.78 is 1.59. The SMILES string of the molecule is O=C(O)CCCn1nnnc1-c1ccc(Cl)cc1. The predicted octanol–water partition coefficient (Wildman–Crippen LogP) is 1.86. The van der Waals surface area contributed by atoms with E-state index in [1.165, 1.54) is 0 Å². The summed E-state index contributed by atoms with van der Waals surface area (Å²) in [6.45, 7) is 0.470. The number of hydrogen-bond acceptors (Lipinski definition) is 4. The van der Waals surface area contributed by atoms with Crippen LogP contribution in [0.3, 0.4) is 0 Å². The maximum absolute atomic E-state index is 10.4. The van der Waals surface area contributed by atoms with Gasteiger partial charge < -0.3 is 5.11 Å². The minimum absolute atomic E-state index is 0.0971. The van der Waals surface area contributed by atoms with E-state index < -0.39 is 5.97 Å². The third-order valence-corrected chi connectivity index (χ3v) is 2.65. The van der Waals surface area contributed by atoms with Crippen molar-refractivity contribution in [2.24, 2.45) is 0 Å². The number of rotatable bonds is 5. The van der Waals surface area contributed by atoms with Crippen LogP contribution < -0.4 is 0 Å². The molecule has 7 heteroatoms. The number of aryl methyl sites for hydroxylation is 1. The van der Waals surface area contributed by atoms with Gasteiger partial charge in [0.25, 0.3) is 0 Å². The van der Waals surface area contributed by atoms with E-state index in [4.69, 9.17) is 16.7 Å². The van der Waals surface area contributed by atoms with Crippen LogP contribution >= 0.6 is 11.6 Å². The van der Waals surface area contributed by atoms with Crippen LogP contribution in [0.25, 0.3) is 11.4 Å². The molecule has 0 saturated carbocycles. The molecule has 1 heterocycles. The summed E-state index contributed by atoms with van der Waals surface area (Å²) in [5.74, 6) is -0.215. The molecule has 1 N–H and O–H groups in total. The fraction of sp³-hybridized carbons (Fsp3) is 0.273. The molecular weight excluding hydrogens is 256 g/mol. The molecule has 0 saturated heterocycles. The van der Waals surface area contributed by atoms with Crippen LogP contribution in [0.5, 0.6) is 0 Å². The first kappa shape index (κ1) is 12.5. The molecular formula is C11H11ClN4O2. The van der Waals surface area contributed by atoms with Gasteiger partial charge in [-0.25, -0.2) is 4.68 Å². The van der Waals surface area contributed by atoms with Gasteiger partial charge in [-0.05, 0) is 41.1 Å². The molecule has 0 aliphatic heterocycles. The lowest BCUT2D eigenvalue weighted by Crippen LogP contribution is -2.05. The van der Waals surface area contributed by atoms with Crippen LogP contribution in [-0.2, 0) is 11.3 Å². The number of carbonyl (C=O) groups is 1. The summed E-state index contributed by atoms with van der Waals surface area (Å²) >= 11 is 5.81. The first-order chi connectivity index (χ1) is 8.66. The van der Waals surface area contributed by atoms with Gasteiger partial charge in [-0.15, -0.1) is 5.10 Å². The molecule has 0 bridgehead atoms. The number of carboxylic acid groups (broad SMARTS) is 1. The van der Waals surface area contributed by atoms with Crippen LogP contribution in [0, 0.1) is 0 Å². The van der Waals surface area contributed by atoms with E-state index in [9.17, 15) is 4.79 Å². The molecule has 0 fully saturated rings. The standard InChI is InChI=1S/C11H11ClN4O2/c12-9-5-3-8(4-6-9)11-13-14-15-16(11)7-1-2-10(17)18/h3-6H,1-2,7H2,(H,17,18). The normalized spacial score (nSPS) is 10.5. The van der Waals surface area contributed by atoms with E-state index in [1.807, 2.05) is 12.1 Å². The van der Waals surface area contributed by atoms with E-state index in [2.05, 4.69) is 15.5 Å². The van der Waals surface area contributed by atoms with Gasteiger partial charge in [0.2, 0.25) is 0 Å². The largest absolute Gasteiger partial charge is 0.481 e. The van der Waals surface area contributed by atoms with Crippen molar-refractivity contribution in [1.29, 1.82) is 0 Å². The first-order valence-electron chi connectivity index (χ1n) is 5.41. The molecule has 0 aliphatic rings. The maximum atomic E-state index is 10.4. The topological polar surface area (TPSA) is 80.9 Å². The van der Waals surface area contributed by atoms with E-state index in [0.717, 1.165) is 5.56 Å². The Labute approximate surface area is 108 Å². The summed E-state index contributed by atoms with van der Waals surface area (Å²) in [4.78, 5) is 10.4. The van der Waals surface area contributed by atoms with Crippen molar-refractivity contribution in [3.63, 3.8) is 0 Å². The zero-order valence-corrected chi connectivity index (χ0v) is 10.2. The lowest BCUT2D eigenvalue weighted by atomic mass is 10.2. The summed E-state index contributed by atoms with van der Waals surface area (Å²) in [5.41, 5.74) is 0.847. The van der Waals surface area contributed by atoms with E-state index in [-0.39, 0.29) is 6.42 Å². The van der Waals surface area contributed by atoms with E-state index >= 15 is 0 Å². The highest BCUT2D eigenvalue weighted by molar-refractivity contribution is 6.30. The third-order valence-electron chi connectivity index (χ3n) is 2.39. The lowest BCUT2D eigenvalue weighted by molar-refractivity contribution is -0.137. The zero-order chi connectivity index (χ0) is 13.0. The van der Waals surface area contributed by atoms with Gasteiger partial charge in [-0.3, -0.25) is 4.79 Å². The molecule has 1 aromatic heterocycles. The van der Waals surface area contributed by atoms with Crippen molar-refractivity contribution in [1.82, 2.24) is 20.2 Å². The predicted molar refractivity (Wildman–Crippen MR) is 65.1 cm³/mol. The molecule has 6 nitrogen and oxygen atoms in total. The van der Waals surface area contributed by atoms with Crippen LogP contribution in [0.15, 0.2) is 24.3 Å². The van der Waals surface area contributed by atoms with Crippen molar-refractivity contribution in [2.45, 2.75) is 19.4 Å². The van der Waals surface area contributed by atoms with Crippen LogP contribution in [0.1, 0.15) is 12.8 Å². The second-order valence-electron chi connectivity index (χ2n) is 3.73. The second kappa shape index (κ2) is 5.59. The fourth-order valence-electron chi connectivity index (χ4n) is 1.54. The Hall–Kier alpha value is -1.95. The first-order valence-corrected chi connectivity index (χ1v) is 5.78. The highest BCUT2D eigenvalue weighted by Crippen LogP contribution is 2.18. The number of carboxylic acids is 1. The van der Waals surface area contributed by atoms with Gasteiger partial charge in [0.15, 0.2) is 5.82 Å². The Balaban J connectivity index is 2.12. The highest BCUT2D eigenvalue weighted by Gasteiger charge is 2.09. The highest BCUT2D eigenvalue weighted by atomic mass is 35.5. The smallest absolute Gasteiger partial charge is 0.303 e. The minimum atomic E-state index is -0.823. The van der Waals surface area contributed by atoms with Crippen molar-refractivity contribution < 1.29 is 9.90 Å². The van der Waals surface area contributed by atoms with Crippen molar-refractivity contribution in [3.8, 4) is 11.4 Å². The van der Waals surface area contributed by atoms with E-state index in [0.29, 0.717) is 23.8 Å². The molecule has 0 amide bonds. The van der Waals surface area contributed by atoms with Crippen LogP contribution in [0.4, 0.5) is 0 Å². The molecule has 0 unspecified atom stereocenters. The molecule has 0 atom stereocenters. The summed E-state index contributed by atoms with van der Waals surface area (Å²) in [6, 6.07) is 7.16. The molecule has 0 spiro atoms. The van der Waals surface area contributed by atoms with Gasteiger partial charge in [0.1, 0.15) is 0 Å². The average molecular weight is 267 g/mol. The lowest BCUT2D eigenvalue weighted by Gasteiger charge is -2.03. The molecule has 2 aromatic rings. The summed E-state index contributed by atoms with van der Waals surface area (Å²) in [7, 11) is 0. The monoisotopic (exact) mass is 266 g/mol. The van der Waals surface area contributed by atoms with E-state index in [1.54, 1.807) is 16.8 Å². The Morgan fingerprint density at radius 3 is 2.72 bits per heavy atom. The number of tetrazole rings is 1. The van der Waals surface area contributed by atoms with Gasteiger partial charge in [-0.2, -0.15) is 0 Å². The van der Waals surface area contributed by atoms with Gasteiger partial charge >= 0.3 is 5.97 Å². The number of aromatic nitrogens is 4. The van der Waals surface area contributed by atoms with Crippen molar-refractivity contribution >= 4 is 17.6 Å². The fourth-order valence-corrected chi connectivity index (χ4v) is 1.67. The van der Waals surface area contributed by atoms with Crippen molar-refractivity contribution in [3.05, 3.63) is 29.3 Å². The Bertz CT molecular complexity index is 538. The van der Waals surface area contributed by atoms with Gasteiger partial charge in [0, 0.05) is 23.6 Å².